The van der Waals surface area contributed by atoms with Crippen molar-refractivity contribution in [1.29, 1.82) is 0 Å². The summed E-state index contributed by atoms with van der Waals surface area (Å²) in [5.41, 5.74) is 0.884. The maximum absolute atomic E-state index is 12.4. The smallest absolute Gasteiger partial charge is 0.239 e. The Hall–Kier alpha value is -1.89. The van der Waals surface area contributed by atoms with E-state index in [9.17, 15) is 9.59 Å². The minimum atomic E-state index is -0.0164. The largest absolute Gasteiger partial charge is 0.338 e. The zero-order chi connectivity index (χ0) is 17.3. The van der Waals surface area contributed by atoms with E-state index in [0.29, 0.717) is 12.6 Å². The van der Waals surface area contributed by atoms with Crippen LogP contribution in [0.3, 0.4) is 0 Å². The van der Waals surface area contributed by atoms with Crippen LogP contribution in [0.2, 0.25) is 0 Å². The molecular formula is C17H27N5O2. The van der Waals surface area contributed by atoms with Gasteiger partial charge in [-0.1, -0.05) is 0 Å². The van der Waals surface area contributed by atoms with Gasteiger partial charge in [0.05, 0.1) is 12.2 Å². The number of nitrogens with zero attached hydrogens (tertiary/aromatic N) is 4. The lowest BCUT2D eigenvalue weighted by Gasteiger charge is -2.34. The summed E-state index contributed by atoms with van der Waals surface area (Å²) in [6.45, 7) is 5.70. The number of aryl methyl sites for hydroxylation is 2. The molecular weight excluding hydrogens is 306 g/mol. The normalized spacial score (nSPS) is 24.5. The van der Waals surface area contributed by atoms with Crippen molar-refractivity contribution in [3.8, 4) is 0 Å². The van der Waals surface area contributed by atoms with Gasteiger partial charge in [0, 0.05) is 38.7 Å². The molecule has 2 amide bonds. The summed E-state index contributed by atoms with van der Waals surface area (Å²) >= 11 is 0. The second kappa shape index (κ2) is 6.93. The predicted molar refractivity (Wildman–Crippen MR) is 91.6 cm³/mol. The first kappa shape index (κ1) is 17.0. The molecule has 1 N–H and O–H groups in total. The molecule has 2 fully saturated rings. The molecule has 7 nitrogen and oxygen atoms in total. The first-order chi connectivity index (χ1) is 11.5. The molecule has 1 aromatic heterocycles. The lowest BCUT2D eigenvalue weighted by Crippen LogP contribution is -2.49. The second-order valence-corrected chi connectivity index (χ2v) is 6.94. The van der Waals surface area contributed by atoms with Gasteiger partial charge in [-0.3, -0.25) is 19.2 Å². The van der Waals surface area contributed by atoms with E-state index >= 15 is 0 Å². The quantitative estimate of drug-likeness (QED) is 0.897. The Morgan fingerprint density at radius 3 is 2.62 bits per heavy atom. The third kappa shape index (κ3) is 3.45. The molecule has 1 aromatic rings. The summed E-state index contributed by atoms with van der Waals surface area (Å²) in [6, 6.07) is 2.43. The molecule has 0 aromatic carbocycles. The Morgan fingerprint density at radius 2 is 1.96 bits per heavy atom. The van der Waals surface area contributed by atoms with Crippen molar-refractivity contribution in [2.24, 2.45) is 7.05 Å². The van der Waals surface area contributed by atoms with Crippen LogP contribution in [-0.4, -0.2) is 63.1 Å². The van der Waals surface area contributed by atoms with Gasteiger partial charge in [0.25, 0.3) is 0 Å². The third-order valence-electron chi connectivity index (χ3n) is 5.18. The summed E-state index contributed by atoms with van der Waals surface area (Å²) < 4.78 is 1.68. The maximum atomic E-state index is 12.4. The zero-order valence-electron chi connectivity index (χ0n) is 14.8. The molecule has 0 unspecified atom stereocenters. The predicted octanol–water partition coefficient (Wildman–Crippen LogP) is 1.14. The van der Waals surface area contributed by atoms with Crippen LogP contribution < -0.4 is 5.32 Å². The fourth-order valence-electron chi connectivity index (χ4n) is 4.16. The van der Waals surface area contributed by atoms with Crippen molar-refractivity contribution in [2.75, 3.05) is 25.0 Å². The van der Waals surface area contributed by atoms with Gasteiger partial charge < -0.3 is 10.2 Å². The van der Waals surface area contributed by atoms with Gasteiger partial charge >= 0.3 is 0 Å². The van der Waals surface area contributed by atoms with Crippen molar-refractivity contribution < 1.29 is 9.59 Å². The Balaban J connectivity index is 1.62. The number of rotatable bonds is 4. The van der Waals surface area contributed by atoms with E-state index in [4.69, 9.17) is 0 Å². The highest BCUT2D eigenvalue weighted by atomic mass is 16.2. The topological polar surface area (TPSA) is 70.5 Å². The molecule has 3 rings (SSSR count). The van der Waals surface area contributed by atoms with Gasteiger partial charge in [-0.05, 0) is 39.2 Å². The number of amides is 2. The van der Waals surface area contributed by atoms with Gasteiger partial charge in [-0.15, -0.1) is 0 Å². The number of aromatic nitrogens is 2. The van der Waals surface area contributed by atoms with E-state index in [2.05, 4.69) is 15.3 Å². The van der Waals surface area contributed by atoms with Crippen molar-refractivity contribution in [1.82, 2.24) is 19.6 Å². The lowest BCUT2D eigenvalue weighted by molar-refractivity contribution is -0.130. The molecule has 2 aliphatic heterocycles. The van der Waals surface area contributed by atoms with E-state index < -0.39 is 0 Å². The van der Waals surface area contributed by atoms with Crippen LogP contribution in [0.4, 0.5) is 5.82 Å². The van der Waals surface area contributed by atoms with Crippen LogP contribution in [0, 0.1) is 6.92 Å². The number of hydrogen-bond acceptors (Lipinski definition) is 4. The van der Waals surface area contributed by atoms with Gasteiger partial charge in [0.2, 0.25) is 11.8 Å². The van der Waals surface area contributed by atoms with E-state index in [1.807, 2.05) is 24.9 Å². The molecule has 0 aliphatic carbocycles. The Kier molecular flexibility index (Phi) is 4.89. The van der Waals surface area contributed by atoms with Crippen LogP contribution in [0.5, 0.6) is 0 Å². The number of carbonyl (C=O) groups excluding carboxylic acids is 2. The zero-order valence-corrected chi connectivity index (χ0v) is 14.8. The second-order valence-electron chi connectivity index (χ2n) is 6.94. The van der Waals surface area contributed by atoms with Gasteiger partial charge in [-0.25, -0.2) is 0 Å². The summed E-state index contributed by atoms with van der Waals surface area (Å²) in [7, 11) is 1.82. The summed E-state index contributed by atoms with van der Waals surface area (Å²) in [4.78, 5) is 28.5. The molecule has 2 saturated heterocycles. The van der Waals surface area contributed by atoms with Crippen LogP contribution in [0.15, 0.2) is 6.07 Å². The molecule has 3 heterocycles. The highest BCUT2D eigenvalue weighted by molar-refractivity contribution is 5.91. The van der Waals surface area contributed by atoms with Crippen molar-refractivity contribution in [3.63, 3.8) is 0 Å². The Bertz CT molecular complexity index is 626. The van der Waals surface area contributed by atoms with E-state index in [1.165, 1.54) is 0 Å². The molecule has 24 heavy (non-hydrogen) atoms. The van der Waals surface area contributed by atoms with Gasteiger partial charge in [0.1, 0.15) is 5.82 Å². The minimum Gasteiger partial charge on any atom is -0.338 e. The number of nitrogens with one attached hydrogen (secondary N) is 1. The Morgan fingerprint density at radius 1 is 1.25 bits per heavy atom. The summed E-state index contributed by atoms with van der Waals surface area (Å²) in [6.07, 6.45) is 4.26. The number of hydrogen-bond donors (Lipinski definition) is 1. The molecule has 0 saturated carbocycles. The van der Waals surface area contributed by atoms with Gasteiger partial charge in [0.15, 0.2) is 0 Å². The van der Waals surface area contributed by atoms with E-state index in [-0.39, 0.29) is 17.9 Å². The fourth-order valence-corrected chi connectivity index (χ4v) is 4.16. The maximum Gasteiger partial charge on any atom is 0.239 e. The van der Waals surface area contributed by atoms with Crippen molar-refractivity contribution in [2.45, 2.75) is 51.6 Å². The standard InChI is InChI=1S/C17H27N5O2/c1-12-10-16(20(3)19-12)18-17(24)11-21-8-4-6-14(21)15-7-5-9-22(15)13(2)23/h10,14-15H,4-9,11H2,1-3H3,(H,18,24)/t14-,15+/m1/s1. The number of likely N-dealkylation sites (tertiary alicyclic amines) is 2. The third-order valence-corrected chi connectivity index (χ3v) is 5.18. The van der Waals surface area contributed by atoms with E-state index in [0.717, 1.165) is 50.3 Å². The molecule has 0 radical (unpaired) electrons. The highest BCUT2D eigenvalue weighted by Crippen LogP contribution is 2.29. The monoisotopic (exact) mass is 333 g/mol. The first-order valence-electron chi connectivity index (χ1n) is 8.77. The number of anilines is 1. The first-order valence-corrected chi connectivity index (χ1v) is 8.77. The van der Waals surface area contributed by atoms with Gasteiger partial charge in [-0.2, -0.15) is 5.10 Å². The average Bonchev–Trinajstić information content (AvgIpc) is 3.19. The average molecular weight is 333 g/mol. The van der Waals surface area contributed by atoms with Crippen LogP contribution in [0.1, 0.15) is 38.3 Å². The van der Waals surface area contributed by atoms with Crippen LogP contribution in [-0.2, 0) is 16.6 Å². The minimum absolute atomic E-state index is 0.0164. The van der Waals surface area contributed by atoms with Crippen molar-refractivity contribution in [3.05, 3.63) is 11.8 Å². The molecule has 0 spiro atoms. The molecule has 2 aliphatic rings. The molecule has 2 atom stereocenters. The molecule has 7 heteroatoms. The Labute approximate surface area is 143 Å². The lowest BCUT2D eigenvalue weighted by atomic mass is 10.0. The fraction of sp³-hybridized carbons (Fsp3) is 0.706. The summed E-state index contributed by atoms with van der Waals surface area (Å²) in [5, 5.41) is 7.19. The molecule has 132 valence electrons. The van der Waals surface area contributed by atoms with E-state index in [1.54, 1.807) is 11.6 Å². The summed E-state index contributed by atoms with van der Waals surface area (Å²) in [5.74, 6) is 0.857. The number of carbonyl (C=O) groups is 2. The van der Waals surface area contributed by atoms with Crippen LogP contribution >= 0.6 is 0 Å². The van der Waals surface area contributed by atoms with Crippen molar-refractivity contribution >= 4 is 17.6 Å². The SMILES string of the molecule is CC(=O)N1CCC[C@H]1[C@H]1CCCN1CC(=O)Nc1cc(C)nn1C. The van der Waals surface area contributed by atoms with Crippen LogP contribution in [0.25, 0.3) is 0 Å². The molecule has 0 bridgehead atoms. The highest BCUT2D eigenvalue weighted by Gasteiger charge is 2.39.